The summed E-state index contributed by atoms with van der Waals surface area (Å²) in [5.41, 5.74) is 1.09. The molecule has 1 aliphatic carbocycles. The molecule has 0 bridgehead atoms. The minimum atomic E-state index is -0.169. The molecule has 4 nitrogen and oxygen atoms in total. The first-order valence-electron chi connectivity index (χ1n) is 6.69. The first-order valence-corrected chi connectivity index (χ1v) is 6.69. The molecular weight excluding hydrogens is 242 g/mol. The number of carbonyl (C=O) groups is 2. The Hall–Kier alpha value is -1.68. The summed E-state index contributed by atoms with van der Waals surface area (Å²) in [5.74, 6) is -0.154. The van der Waals surface area contributed by atoms with Crippen LogP contribution >= 0.6 is 0 Å². The molecule has 2 fully saturated rings. The van der Waals surface area contributed by atoms with Crippen molar-refractivity contribution >= 4 is 12.2 Å². The lowest BCUT2D eigenvalue weighted by atomic mass is 10.1. The van der Waals surface area contributed by atoms with E-state index in [1.165, 1.54) is 0 Å². The van der Waals surface area contributed by atoms with Crippen LogP contribution in [0.3, 0.4) is 0 Å². The average Bonchev–Trinajstić information content (AvgIpc) is 3.22. The summed E-state index contributed by atoms with van der Waals surface area (Å²) in [7, 11) is 0. The smallest absolute Gasteiger partial charge is 0.227 e. The zero-order valence-electron chi connectivity index (χ0n) is 10.7. The minimum absolute atomic E-state index is 0.0639. The van der Waals surface area contributed by atoms with Gasteiger partial charge in [-0.05, 0) is 5.56 Å². The lowest BCUT2D eigenvalue weighted by Gasteiger charge is -2.27. The number of morpholine rings is 1. The third-order valence-electron chi connectivity index (χ3n) is 4.02. The van der Waals surface area contributed by atoms with E-state index < -0.39 is 0 Å². The van der Waals surface area contributed by atoms with Crippen molar-refractivity contribution in [3.63, 3.8) is 0 Å². The molecule has 1 saturated heterocycles. The summed E-state index contributed by atoms with van der Waals surface area (Å²) in [5, 5.41) is 0. The SMILES string of the molecule is O=C[C@H]1[C@H](C(=O)N2CCOCC2)[C@H]1c1ccccc1. The fourth-order valence-corrected chi connectivity index (χ4v) is 2.92. The molecule has 2 aliphatic rings. The lowest BCUT2D eigenvalue weighted by molar-refractivity contribution is -0.137. The number of rotatable bonds is 3. The van der Waals surface area contributed by atoms with Crippen molar-refractivity contribution in [1.29, 1.82) is 0 Å². The zero-order valence-corrected chi connectivity index (χ0v) is 10.7. The number of nitrogens with zero attached hydrogens (tertiary/aromatic N) is 1. The van der Waals surface area contributed by atoms with Gasteiger partial charge < -0.3 is 14.4 Å². The highest BCUT2D eigenvalue weighted by Crippen LogP contribution is 2.53. The molecule has 0 N–H and O–H groups in total. The summed E-state index contributed by atoms with van der Waals surface area (Å²) in [4.78, 5) is 25.4. The van der Waals surface area contributed by atoms with E-state index in [2.05, 4.69) is 0 Å². The molecule has 3 atom stereocenters. The van der Waals surface area contributed by atoms with Crippen LogP contribution in [-0.2, 0) is 14.3 Å². The highest BCUT2D eigenvalue weighted by atomic mass is 16.5. The Kier molecular flexibility index (Phi) is 3.34. The minimum Gasteiger partial charge on any atom is -0.378 e. The largest absolute Gasteiger partial charge is 0.378 e. The monoisotopic (exact) mass is 259 g/mol. The van der Waals surface area contributed by atoms with Crippen LogP contribution in [0.2, 0.25) is 0 Å². The fourth-order valence-electron chi connectivity index (χ4n) is 2.92. The number of hydrogen-bond acceptors (Lipinski definition) is 3. The molecule has 0 unspecified atom stereocenters. The van der Waals surface area contributed by atoms with E-state index in [9.17, 15) is 9.59 Å². The normalized spacial score (nSPS) is 29.9. The number of amides is 1. The van der Waals surface area contributed by atoms with Crippen LogP contribution in [0.15, 0.2) is 30.3 Å². The van der Waals surface area contributed by atoms with E-state index in [4.69, 9.17) is 4.74 Å². The number of benzene rings is 1. The van der Waals surface area contributed by atoms with E-state index in [-0.39, 0.29) is 23.7 Å². The van der Waals surface area contributed by atoms with Crippen molar-refractivity contribution in [2.75, 3.05) is 26.3 Å². The van der Waals surface area contributed by atoms with Gasteiger partial charge in [-0.1, -0.05) is 30.3 Å². The molecule has 0 aromatic heterocycles. The van der Waals surface area contributed by atoms with Gasteiger partial charge in [0.15, 0.2) is 0 Å². The van der Waals surface area contributed by atoms with Gasteiger partial charge in [-0.15, -0.1) is 0 Å². The van der Waals surface area contributed by atoms with E-state index in [0.717, 1.165) is 11.8 Å². The molecule has 0 radical (unpaired) electrons. The van der Waals surface area contributed by atoms with E-state index in [0.29, 0.717) is 26.3 Å². The van der Waals surface area contributed by atoms with Gasteiger partial charge in [-0.3, -0.25) is 4.79 Å². The standard InChI is InChI=1S/C15H17NO3/c17-10-12-13(11-4-2-1-3-5-11)14(12)15(18)16-6-8-19-9-7-16/h1-5,10,12-14H,6-9H2/t12-,13+,14+/m1/s1. The number of ether oxygens (including phenoxy) is 1. The highest BCUT2D eigenvalue weighted by molar-refractivity contribution is 5.89. The molecule has 0 spiro atoms. The van der Waals surface area contributed by atoms with Gasteiger partial charge in [0.2, 0.25) is 5.91 Å². The molecule has 4 heteroatoms. The molecule has 1 heterocycles. The Morgan fingerprint density at radius 3 is 2.53 bits per heavy atom. The van der Waals surface area contributed by atoms with Crippen LogP contribution in [0, 0.1) is 11.8 Å². The zero-order chi connectivity index (χ0) is 13.2. The van der Waals surface area contributed by atoms with E-state index >= 15 is 0 Å². The predicted octanol–water partition coefficient (Wildman–Crippen LogP) is 1.07. The number of aldehydes is 1. The Bertz CT molecular complexity index is 468. The summed E-state index contributed by atoms with van der Waals surface area (Å²) in [6, 6.07) is 9.83. The topological polar surface area (TPSA) is 46.6 Å². The summed E-state index contributed by atoms with van der Waals surface area (Å²) >= 11 is 0. The molecule has 1 saturated carbocycles. The van der Waals surface area contributed by atoms with Gasteiger partial charge in [0.05, 0.1) is 19.1 Å². The third-order valence-corrected chi connectivity index (χ3v) is 4.02. The predicted molar refractivity (Wildman–Crippen MR) is 69.6 cm³/mol. The van der Waals surface area contributed by atoms with Crippen molar-refractivity contribution in [2.45, 2.75) is 5.92 Å². The summed E-state index contributed by atoms with van der Waals surface area (Å²) in [6.07, 6.45) is 0.931. The van der Waals surface area contributed by atoms with Gasteiger partial charge in [0.1, 0.15) is 6.29 Å². The highest BCUT2D eigenvalue weighted by Gasteiger charge is 2.56. The molecule has 3 rings (SSSR count). The quantitative estimate of drug-likeness (QED) is 0.763. The summed E-state index contributed by atoms with van der Waals surface area (Å²) < 4.78 is 5.25. The van der Waals surface area contributed by atoms with E-state index in [1.54, 1.807) is 0 Å². The fraction of sp³-hybridized carbons (Fsp3) is 0.467. The number of hydrogen-bond donors (Lipinski definition) is 0. The molecule has 1 aromatic rings. The Balaban J connectivity index is 1.74. The molecule has 1 aromatic carbocycles. The molecular formula is C15H17NO3. The lowest BCUT2D eigenvalue weighted by Crippen LogP contribution is -2.42. The van der Waals surface area contributed by atoms with Crippen LogP contribution in [0.25, 0.3) is 0 Å². The maximum absolute atomic E-state index is 12.4. The Morgan fingerprint density at radius 2 is 1.89 bits per heavy atom. The Labute approximate surface area is 112 Å². The second-order valence-electron chi connectivity index (χ2n) is 5.11. The van der Waals surface area contributed by atoms with Crippen LogP contribution in [0.1, 0.15) is 11.5 Å². The van der Waals surface area contributed by atoms with Gasteiger partial charge in [0, 0.05) is 24.9 Å². The molecule has 100 valence electrons. The summed E-state index contributed by atoms with van der Waals surface area (Å²) in [6.45, 7) is 2.48. The molecule has 19 heavy (non-hydrogen) atoms. The Morgan fingerprint density at radius 1 is 1.21 bits per heavy atom. The van der Waals surface area contributed by atoms with Gasteiger partial charge >= 0.3 is 0 Å². The molecule has 1 aliphatic heterocycles. The first kappa shape index (κ1) is 12.4. The van der Waals surface area contributed by atoms with Gasteiger partial charge in [-0.2, -0.15) is 0 Å². The third kappa shape index (κ3) is 2.28. The second-order valence-corrected chi connectivity index (χ2v) is 5.11. The van der Waals surface area contributed by atoms with Crippen molar-refractivity contribution in [2.24, 2.45) is 11.8 Å². The van der Waals surface area contributed by atoms with Crippen molar-refractivity contribution in [3.05, 3.63) is 35.9 Å². The van der Waals surface area contributed by atoms with Crippen molar-refractivity contribution in [1.82, 2.24) is 4.90 Å². The maximum atomic E-state index is 12.4. The number of carbonyl (C=O) groups excluding carboxylic acids is 2. The van der Waals surface area contributed by atoms with E-state index in [1.807, 2.05) is 35.2 Å². The van der Waals surface area contributed by atoms with Crippen molar-refractivity contribution < 1.29 is 14.3 Å². The van der Waals surface area contributed by atoms with Crippen LogP contribution in [-0.4, -0.2) is 43.4 Å². The maximum Gasteiger partial charge on any atom is 0.227 e. The van der Waals surface area contributed by atoms with Crippen LogP contribution in [0.5, 0.6) is 0 Å². The van der Waals surface area contributed by atoms with Gasteiger partial charge in [-0.25, -0.2) is 0 Å². The average molecular weight is 259 g/mol. The molecule has 1 amide bonds. The first-order chi connectivity index (χ1) is 9.33. The van der Waals surface area contributed by atoms with Gasteiger partial charge in [0.25, 0.3) is 0 Å². The van der Waals surface area contributed by atoms with Crippen molar-refractivity contribution in [3.8, 4) is 0 Å². The van der Waals surface area contributed by atoms with Crippen LogP contribution in [0.4, 0.5) is 0 Å². The second kappa shape index (κ2) is 5.13. The van der Waals surface area contributed by atoms with Crippen LogP contribution < -0.4 is 0 Å².